The van der Waals surface area contributed by atoms with Crippen LogP contribution in [0.25, 0.3) is 0 Å². The Morgan fingerprint density at radius 3 is 2.00 bits per heavy atom. The summed E-state index contributed by atoms with van der Waals surface area (Å²) in [4.78, 5) is 10.6. The standard InChI is InChI=1S/C16H11N3O5/c1-22-13-4-3-5-14(23-2)16(13)24-15-7-11(9-18)10(8-17)6-12(15)19(20)21/h3-7H,1-2H3. The van der Waals surface area contributed by atoms with E-state index in [-0.39, 0.29) is 22.6 Å². The Bertz CT molecular complexity index is 858. The quantitative estimate of drug-likeness (QED) is 0.611. The van der Waals surface area contributed by atoms with Gasteiger partial charge in [0.25, 0.3) is 0 Å². The molecule has 0 radical (unpaired) electrons. The highest BCUT2D eigenvalue weighted by atomic mass is 16.6. The number of hydrogen-bond acceptors (Lipinski definition) is 7. The minimum atomic E-state index is -0.695. The van der Waals surface area contributed by atoms with Crippen molar-refractivity contribution in [2.45, 2.75) is 0 Å². The normalized spacial score (nSPS) is 9.50. The molecule has 0 bridgehead atoms. The Hall–Kier alpha value is -3.78. The molecule has 0 N–H and O–H groups in total. The van der Waals surface area contributed by atoms with Crippen molar-refractivity contribution in [3.8, 4) is 35.1 Å². The highest BCUT2D eigenvalue weighted by molar-refractivity contribution is 5.62. The number of methoxy groups -OCH3 is 2. The lowest BCUT2D eigenvalue weighted by Crippen LogP contribution is -1.99. The van der Waals surface area contributed by atoms with E-state index in [1.165, 1.54) is 14.2 Å². The topological polar surface area (TPSA) is 118 Å². The summed E-state index contributed by atoms with van der Waals surface area (Å²) in [6, 6.07) is 10.5. The van der Waals surface area contributed by atoms with Crippen molar-refractivity contribution in [1.82, 2.24) is 0 Å². The van der Waals surface area contributed by atoms with Gasteiger partial charge in [0.1, 0.15) is 12.1 Å². The molecule has 0 spiro atoms. The molecule has 0 aliphatic carbocycles. The first kappa shape index (κ1) is 16.6. The SMILES string of the molecule is COc1cccc(OC)c1Oc1cc(C#N)c(C#N)cc1[N+](=O)[O-]. The average Bonchev–Trinajstić information content (AvgIpc) is 2.61. The molecule has 0 aliphatic heterocycles. The van der Waals surface area contributed by atoms with E-state index in [1.807, 2.05) is 6.07 Å². The van der Waals surface area contributed by atoms with Gasteiger partial charge in [-0.05, 0) is 12.1 Å². The van der Waals surface area contributed by atoms with E-state index in [1.54, 1.807) is 24.3 Å². The molecule has 0 unspecified atom stereocenters. The summed E-state index contributed by atoms with van der Waals surface area (Å²) in [7, 11) is 2.82. The van der Waals surface area contributed by atoms with Crippen LogP contribution in [-0.4, -0.2) is 19.1 Å². The van der Waals surface area contributed by atoms with Crippen molar-refractivity contribution in [2.24, 2.45) is 0 Å². The van der Waals surface area contributed by atoms with E-state index in [0.717, 1.165) is 12.1 Å². The van der Waals surface area contributed by atoms with Crippen LogP contribution in [0.2, 0.25) is 0 Å². The summed E-state index contributed by atoms with van der Waals surface area (Å²) in [6.45, 7) is 0. The van der Waals surface area contributed by atoms with Crippen LogP contribution >= 0.6 is 0 Å². The van der Waals surface area contributed by atoms with Gasteiger partial charge in [-0.15, -0.1) is 0 Å². The van der Waals surface area contributed by atoms with Crippen LogP contribution in [0.3, 0.4) is 0 Å². The number of nitro groups is 1. The first-order chi connectivity index (χ1) is 11.5. The molecular formula is C16H11N3O5. The number of nitrogens with zero attached hydrogens (tertiary/aromatic N) is 3. The molecule has 0 amide bonds. The molecule has 0 fully saturated rings. The van der Waals surface area contributed by atoms with Gasteiger partial charge in [-0.3, -0.25) is 10.1 Å². The predicted molar refractivity (Wildman–Crippen MR) is 82.1 cm³/mol. The van der Waals surface area contributed by atoms with E-state index < -0.39 is 10.6 Å². The van der Waals surface area contributed by atoms with Crippen molar-refractivity contribution in [1.29, 1.82) is 10.5 Å². The lowest BCUT2D eigenvalue weighted by molar-refractivity contribution is -0.385. The molecule has 8 heteroatoms. The molecule has 8 nitrogen and oxygen atoms in total. The van der Waals surface area contributed by atoms with Crippen molar-refractivity contribution < 1.29 is 19.1 Å². The predicted octanol–water partition coefficient (Wildman–Crippen LogP) is 3.15. The second-order valence-electron chi connectivity index (χ2n) is 4.44. The van der Waals surface area contributed by atoms with Crippen molar-refractivity contribution in [3.05, 3.63) is 51.6 Å². The van der Waals surface area contributed by atoms with Crippen molar-refractivity contribution in [3.63, 3.8) is 0 Å². The van der Waals surface area contributed by atoms with Crippen molar-refractivity contribution >= 4 is 5.69 Å². The molecule has 120 valence electrons. The number of nitriles is 2. The maximum atomic E-state index is 11.3. The Labute approximate surface area is 137 Å². The number of para-hydroxylation sites is 1. The fourth-order valence-corrected chi connectivity index (χ4v) is 2.01. The van der Waals surface area contributed by atoms with Crippen LogP contribution in [0.4, 0.5) is 5.69 Å². The van der Waals surface area contributed by atoms with Gasteiger partial charge in [-0.2, -0.15) is 10.5 Å². The largest absolute Gasteiger partial charge is 0.493 e. The third-order valence-electron chi connectivity index (χ3n) is 3.13. The van der Waals surface area contributed by atoms with Crippen LogP contribution in [0.1, 0.15) is 11.1 Å². The molecule has 0 saturated heterocycles. The first-order valence-corrected chi connectivity index (χ1v) is 6.57. The zero-order valence-electron chi connectivity index (χ0n) is 12.8. The minimum absolute atomic E-state index is 0.0352. The lowest BCUT2D eigenvalue weighted by Gasteiger charge is -2.14. The maximum Gasteiger partial charge on any atom is 0.312 e. The summed E-state index contributed by atoms with van der Waals surface area (Å²) in [5.74, 6) is 0.524. The summed E-state index contributed by atoms with van der Waals surface area (Å²) in [6.07, 6.45) is 0. The molecule has 0 aromatic heterocycles. The fourth-order valence-electron chi connectivity index (χ4n) is 2.01. The molecular weight excluding hydrogens is 314 g/mol. The molecule has 2 rings (SSSR count). The second kappa shape index (κ2) is 6.99. The Morgan fingerprint density at radius 2 is 1.54 bits per heavy atom. The monoisotopic (exact) mass is 325 g/mol. The zero-order chi connectivity index (χ0) is 17.7. The number of rotatable bonds is 5. The fraction of sp³-hybridized carbons (Fsp3) is 0.125. The minimum Gasteiger partial charge on any atom is -0.493 e. The first-order valence-electron chi connectivity index (χ1n) is 6.57. The van der Waals surface area contributed by atoms with Crippen LogP contribution in [0.15, 0.2) is 30.3 Å². The van der Waals surface area contributed by atoms with Gasteiger partial charge in [0.15, 0.2) is 11.5 Å². The second-order valence-corrected chi connectivity index (χ2v) is 4.44. The van der Waals surface area contributed by atoms with Gasteiger partial charge in [0.2, 0.25) is 11.5 Å². The number of benzene rings is 2. The molecule has 0 atom stereocenters. The third-order valence-corrected chi connectivity index (χ3v) is 3.13. The highest BCUT2D eigenvalue weighted by Crippen LogP contribution is 2.43. The summed E-state index contributed by atoms with van der Waals surface area (Å²) >= 11 is 0. The molecule has 24 heavy (non-hydrogen) atoms. The highest BCUT2D eigenvalue weighted by Gasteiger charge is 2.23. The Balaban J connectivity index is 2.65. The summed E-state index contributed by atoms with van der Waals surface area (Å²) < 4.78 is 15.9. The summed E-state index contributed by atoms with van der Waals surface area (Å²) in [5.41, 5.74) is -0.589. The van der Waals surface area contributed by atoms with Gasteiger partial charge in [-0.25, -0.2) is 0 Å². The lowest BCUT2D eigenvalue weighted by atomic mass is 10.1. The van der Waals surface area contributed by atoms with Gasteiger partial charge in [0, 0.05) is 12.1 Å². The van der Waals surface area contributed by atoms with E-state index in [2.05, 4.69) is 0 Å². The summed E-state index contributed by atoms with van der Waals surface area (Å²) in [5, 5.41) is 29.4. The molecule has 2 aromatic rings. The van der Waals surface area contributed by atoms with E-state index in [4.69, 9.17) is 24.7 Å². The van der Waals surface area contributed by atoms with Gasteiger partial charge in [0.05, 0.1) is 30.3 Å². The average molecular weight is 325 g/mol. The molecule has 0 heterocycles. The molecule has 0 saturated carbocycles. The van der Waals surface area contributed by atoms with Crippen LogP contribution in [0, 0.1) is 32.8 Å². The number of nitro benzene ring substituents is 1. The number of ether oxygens (including phenoxy) is 3. The Morgan fingerprint density at radius 1 is 1.00 bits per heavy atom. The van der Waals surface area contributed by atoms with E-state index in [9.17, 15) is 10.1 Å². The zero-order valence-corrected chi connectivity index (χ0v) is 12.8. The van der Waals surface area contributed by atoms with Crippen LogP contribution in [0.5, 0.6) is 23.0 Å². The van der Waals surface area contributed by atoms with Crippen LogP contribution in [-0.2, 0) is 0 Å². The Kier molecular flexibility index (Phi) is 4.83. The van der Waals surface area contributed by atoms with E-state index in [0.29, 0.717) is 11.5 Å². The van der Waals surface area contributed by atoms with Gasteiger partial charge >= 0.3 is 5.69 Å². The number of hydrogen-bond donors (Lipinski definition) is 0. The molecule has 2 aromatic carbocycles. The van der Waals surface area contributed by atoms with E-state index >= 15 is 0 Å². The third kappa shape index (κ3) is 3.03. The van der Waals surface area contributed by atoms with Crippen LogP contribution < -0.4 is 14.2 Å². The smallest absolute Gasteiger partial charge is 0.312 e. The van der Waals surface area contributed by atoms with Crippen molar-refractivity contribution in [2.75, 3.05) is 14.2 Å². The van der Waals surface area contributed by atoms with Gasteiger partial charge in [-0.1, -0.05) is 6.07 Å². The van der Waals surface area contributed by atoms with Gasteiger partial charge < -0.3 is 14.2 Å². The molecule has 0 aliphatic rings. The maximum absolute atomic E-state index is 11.3.